The zero-order valence-corrected chi connectivity index (χ0v) is 12.6. The number of anilines is 1. The van der Waals surface area contributed by atoms with Gasteiger partial charge < -0.3 is 10.2 Å². The molecule has 1 atom stereocenters. The lowest BCUT2D eigenvalue weighted by Crippen LogP contribution is -2.37. The van der Waals surface area contributed by atoms with Crippen molar-refractivity contribution in [3.63, 3.8) is 0 Å². The molecular formula is C16H22N2O2. The molecule has 1 aliphatic heterocycles. The molecule has 0 radical (unpaired) electrons. The van der Waals surface area contributed by atoms with Gasteiger partial charge in [0.2, 0.25) is 5.91 Å². The van der Waals surface area contributed by atoms with Gasteiger partial charge in [0.25, 0.3) is 5.91 Å². The van der Waals surface area contributed by atoms with Gasteiger partial charge in [0.15, 0.2) is 0 Å². The van der Waals surface area contributed by atoms with E-state index in [-0.39, 0.29) is 11.8 Å². The zero-order valence-electron chi connectivity index (χ0n) is 12.6. The lowest BCUT2D eigenvalue weighted by Gasteiger charge is -2.20. The van der Waals surface area contributed by atoms with E-state index in [9.17, 15) is 9.59 Å². The second-order valence-electron chi connectivity index (χ2n) is 5.82. The van der Waals surface area contributed by atoms with E-state index in [2.05, 4.69) is 19.2 Å². The number of carbonyl (C=O) groups excluding carboxylic acids is 2. The molecule has 0 unspecified atom stereocenters. The molecule has 1 N–H and O–H groups in total. The van der Waals surface area contributed by atoms with E-state index in [1.165, 1.54) is 6.92 Å². The van der Waals surface area contributed by atoms with E-state index in [1.807, 2.05) is 30.0 Å². The van der Waals surface area contributed by atoms with Gasteiger partial charge in [-0.25, -0.2) is 0 Å². The number of nitrogens with zero attached hydrogens (tertiary/aromatic N) is 1. The number of benzene rings is 1. The summed E-state index contributed by atoms with van der Waals surface area (Å²) >= 11 is 0. The van der Waals surface area contributed by atoms with Gasteiger partial charge in [-0.05, 0) is 24.8 Å². The van der Waals surface area contributed by atoms with E-state index in [0.29, 0.717) is 12.5 Å². The van der Waals surface area contributed by atoms with Gasteiger partial charge in [0, 0.05) is 19.0 Å². The normalized spacial score (nSPS) is 17.6. The Balaban J connectivity index is 2.36. The fourth-order valence-electron chi connectivity index (χ4n) is 2.63. The summed E-state index contributed by atoms with van der Waals surface area (Å²) in [6.07, 6.45) is 0.951. The third-order valence-electron chi connectivity index (χ3n) is 3.64. The predicted molar refractivity (Wildman–Crippen MR) is 79.5 cm³/mol. The Morgan fingerprint density at radius 1 is 1.40 bits per heavy atom. The fraction of sp³-hybridized carbons (Fsp3) is 0.500. The van der Waals surface area contributed by atoms with E-state index in [0.717, 1.165) is 23.2 Å². The third kappa shape index (κ3) is 2.69. The number of hydrogen-bond donors (Lipinski definition) is 1. The summed E-state index contributed by atoms with van der Waals surface area (Å²) in [7, 11) is 0. The first-order chi connectivity index (χ1) is 9.41. The van der Waals surface area contributed by atoms with Crippen LogP contribution in [0.25, 0.3) is 0 Å². The maximum atomic E-state index is 12.6. The van der Waals surface area contributed by atoms with Gasteiger partial charge in [-0.15, -0.1) is 0 Å². The van der Waals surface area contributed by atoms with E-state index in [1.54, 1.807) is 0 Å². The maximum Gasteiger partial charge on any atom is 0.254 e. The molecule has 0 saturated carbocycles. The first-order valence-corrected chi connectivity index (χ1v) is 7.09. The molecule has 108 valence electrons. The number of nitrogens with one attached hydrogen (secondary N) is 1. The number of hydrogen-bond acceptors (Lipinski definition) is 2. The van der Waals surface area contributed by atoms with Crippen molar-refractivity contribution >= 4 is 17.5 Å². The summed E-state index contributed by atoms with van der Waals surface area (Å²) in [5, 5.41) is 2.76. The summed E-state index contributed by atoms with van der Waals surface area (Å²) in [6.45, 7) is 8.43. The van der Waals surface area contributed by atoms with E-state index >= 15 is 0 Å². The Morgan fingerprint density at radius 2 is 2.10 bits per heavy atom. The molecule has 1 aromatic carbocycles. The topological polar surface area (TPSA) is 49.4 Å². The zero-order chi connectivity index (χ0) is 14.9. The molecule has 0 bridgehead atoms. The fourth-order valence-corrected chi connectivity index (χ4v) is 2.63. The lowest BCUT2D eigenvalue weighted by molar-refractivity contribution is -0.126. The third-order valence-corrected chi connectivity index (χ3v) is 3.64. The van der Waals surface area contributed by atoms with Crippen LogP contribution < -0.4 is 10.2 Å². The van der Waals surface area contributed by atoms with Gasteiger partial charge in [-0.1, -0.05) is 32.0 Å². The van der Waals surface area contributed by atoms with Crippen molar-refractivity contribution in [1.82, 2.24) is 5.32 Å². The van der Waals surface area contributed by atoms with Crippen molar-refractivity contribution in [2.75, 3.05) is 11.4 Å². The molecule has 0 spiro atoms. The molecule has 0 aliphatic carbocycles. The van der Waals surface area contributed by atoms with Crippen LogP contribution in [0.1, 0.15) is 44.4 Å². The van der Waals surface area contributed by atoms with Crippen molar-refractivity contribution in [1.29, 1.82) is 0 Å². The standard InChI is InChI=1S/C16H22N2O2/c1-10(2)8-9-18-15-11(3)6-5-7-13(15)14(16(18)20)17-12(4)19/h5-7,10,14H,8-9H2,1-4H3,(H,17,19)/t14-/m1/s1. The van der Waals surface area contributed by atoms with Crippen molar-refractivity contribution in [2.45, 2.75) is 40.2 Å². The van der Waals surface area contributed by atoms with Crippen molar-refractivity contribution < 1.29 is 9.59 Å². The Hall–Kier alpha value is -1.84. The number of amides is 2. The smallest absolute Gasteiger partial charge is 0.254 e. The van der Waals surface area contributed by atoms with Crippen LogP contribution in [-0.4, -0.2) is 18.4 Å². The highest BCUT2D eigenvalue weighted by atomic mass is 16.2. The second kappa shape index (κ2) is 5.65. The average molecular weight is 274 g/mol. The Kier molecular flexibility index (Phi) is 4.12. The second-order valence-corrected chi connectivity index (χ2v) is 5.82. The highest BCUT2D eigenvalue weighted by Crippen LogP contribution is 2.38. The van der Waals surface area contributed by atoms with Crippen LogP contribution in [0.4, 0.5) is 5.69 Å². The number of aryl methyl sites for hydroxylation is 1. The first-order valence-electron chi connectivity index (χ1n) is 7.09. The molecular weight excluding hydrogens is 252 g/mol. The van der Waals surface area contributed by atoms with Crippen LogP contribution in [0.5, 0.6) is 0 Å². The number of carbonyl (C=O) groups is 2. The molecule has 0 saturated heterocycles. The van der Waals surface area contributed by atoms with Gasteiger partial charge in [0.1, 0.15) is 6.04 Å². The van der Waals surface area contributed by atoms with Gasteiger partial charge >= 0.3 is 0 Å². The van der Waals surface area contributed by atoms with E-state index in [4.69, 9.17) is 0 Å². The Morgan fingerprint density at radius 3 is 2.70 bits per heavy atom. The molecule has 4 heteroatoms. The van der Waals surface area contributed by atoms with Crippen LogP contribution in [-0.2, 0) is 9.59 Å². The molecule has 0 aromatic heterocycles. The highest BCUT2D eigenvalue weighted by Gasteiger charge is 2.38. The summed E-state index contributed by atoms with van der Waals surface area (Å²) in [5.41, 5.74) is 2.96. The monoisotopic (exact) mass is 274 g/mol. The van der Waals surface area contributed by atoms with Crippen LogP contribution in [0.15, 0.2) is 18.2 Å². The minimum absolute atomic E-state index is 0.0230. The molecule has 0 fully saturated rings. The molecule has 2 amide bonds. The van der Waals surface area contributed by atoms with Crippen LogP contribution in [0.3, 0.4) is 0 Å². The maximum absolute atomic E-state index is 12.6. The van der Waals surface area contributed by atoms with Crippen molar-refractivity contribution in [3.05, 3.63) is 29.3 Å². The molecule has 4 nitrogen and oxygen atoms in total. The van der Waals surface area contributed by atoms with Crippen LogP contribution in [0.2, 0.25) is 0 Å². The summed E-state index contributed by atoms with van der Waals surface area (Å²) in [4.78, 5) is 25.7. The lowest BCUT2D eigenvalue weighted by atomic mass is 10.0. The number of fused-ring (bicyclic) bond motifs is 1. The van der Waals surface area contributed by atoms with Crippen LogP contribution >= 0.6 is 0 Å². The van der Waals surface area contributed by atoms with Crippen molar-refractivity contribution in [2.24, 2.45) is 5.92 Å². The number of rotatable bonds is 4. The minimum Gasteiger partial charge on any atom is -0.341 e. The van der Waals surface area contributed by atoms with Crippen LogP contribution in [0, 0.1) is 12.8 Å². The van der Waals surface area contributed by atoms with Crippen molar-refractivity contribution in [3.8, 4) is 0 Å². The van der Waals surface area contributed by atoms with E-state index < -0.39 is 6.04 Å². The summed E-state index contributed by atoms with van der Waals surface area (Å²) in [5.74, 6) is 0.335. The molecule has 1 aromatic rings. The Bertz CT molecular complexity index is 537. The summed E-state index contributed by atoms with van der Waals surface area (Å²) in [6, 6.07) is 5.33. The predicted octanol–water partition coefficient (Wildman–Crippen LogP) is 2.56. The molecule has 1 aliphatic rings. The molecule has 20 heavy (non-hydrogen) atoms. The quantitative estimate of drug-likeness (QED) is 0.917. The number of para-hydroxylation sites is 1. The summed E-state index contributed by atoms with van der Waals surface area (Å²) < 4.78 is 0. The highest BCUT2D eigenvalue weighted by molar-refractivity contribution is 6.06. The largest absolute Gasteiger partial charge is 0.341 e. The minimum atomic E-state index is -0.533. The molecule has 2 rings (SSSR count). The van der Waals surface area contributed by atoms with Gasteiger partial charge in [-0.3, -0.25) is 9.59 Å². The first kappa shape index (κ1) is 14.6. The Labute approximate surface area is 120 Å². The van der Waals surface area contributed by atoms with Gasteiger partial charge in [-0.2, -0.15) is 0 Å². The molecule has 1 heterocycles. The van der Waals surface area contributed by atoms with Gasteiger partial charge in [0.05, 0.1) is 5.69 Å². The average Bonchev–Trinajstić information content (AvgIpc) is 2.61. The SMILES string of the molecule is CC(=O)N[C@H]1C(=O)N(CCC(C)C)c2c(C)cccc21.